The van der Waals surface area contributed by atoms with E-state index in [9.17, 15) is 4.79 Å². The number of carbonyl (C=O) groups excluding carboxylic acids is 1. The summed E-state index contributed by atoms with van der Waals surface area (Å²) in [7, 11) is 0. The topological polar surface area (TPSA) is 65.2 Å². The molecule has 1 aromatic carbocycles. The molecule has 0 fully saturated rings. The lowest BCUT2D eigenvalue weighted by atomic mass is 10.2. The Morgan fingerprint density at radius 1 is 1.23 bits per heavy atom. The zero-order valence-electron chi connectivity index (χ0n) is 11.5. The van der Waals surface area contributed by atoms with E-state index in [-0.39, 0.29) is 12.6 Å². The fraction of sp³-hybridized carbons (Fsp3) is 0.133. The highest BCUT2D eigenvalue weighted by atomic mass is 32.1. The summed E-state index contributed by atoms with van der Waals surface area (Å²) in [6, 6.07) is 10.1. The molecule has 22 heavy (non-hydrogen) atoms. The van der Waals surface area contributed by atoms with Gasteiger partial charge < -0.3 is 9.15 Å². The fourth-order valence-electron chi connectivity index (χ4n) is 2.19. The van der Waals surface area contributed by atoms with Crippen molar-refractivity contribution >= 4 is 48.1 Å². The zero-order chi connectivity index (χ0) is 15.1. The molecule has 3 aromatic heterocycles. The van der Waals surface area contributed by atoms with Crippen LogP contribution in [0.5, 0.6) is 0 Å². The highest BCUT2D eigenvalue weighted by Crippen LogP contribution is 2.39. The Morgan fingerprint density at radius 2 is 2.09 bits per heavy atom. The fourth-order valence-corrected chi connectivity index (χ4v) is 4.61. The number of aryl methyl sites for hydroxylation is 1. The van der Waals surface area contributed by atoms with Crippen molar-refractivity contribution in [3.63, 3.8) is 0 Å². The Kier molecular flexibility index (Phi) is 3.16. The number of thiophene rings is 2. The minimum atomic E-state index is -0.367. The van der Waals surface area contributed by atoms with Crippen molar-refractivity contribution in [2.24, 2.45) is 0 Å². The largest absolute Gasteiger partial charge is 0.451 e. The van der Waals surface area contributed by atoms with Crippen LogP contribution in [-0.4, -0.2) is 16.2 Å². The van der Waals surface area contributed by atoms with Gasteiger partial charge in [0, 0.05) is 21.7 Å². The number of fused-ring (bicyclic) bond motifs is 3. The number of esters is 1. The average Bonchev–Trinajstić information content (AvgIpc) is 3.18. The van der Waals surface area contributed by atoms with Crippen molar-refractivity contribution in [2.45, 2.75) is 13.5 Å². The third-order valence-electron chi connectivity index (χ3n) is 3.15. The van der Waals surface area contributed by atoms with Crippen LogP contribution >= 0.6 is 22.7 Å². The average molecular weight is 330 g/mol. The molecule has 3 heterocycles. The molecule has 0 saturated carbocycles. The van der Waals surface area contributed by atoms with Gasteiger partial charge in [0.05, 0.1) is 4.70 Å². The Morgan fingerprint density at radius 3 is 2.91 bits per heavy atom. The van der Waals surface area contributed by atoms with Crippen LogP contribution in [0.25, 0.3) is 19.5 Å². The SMILES string of the molecule is Cc1nnc(COC(=O)c2cc3sc4ccccc4c3s2)o1. The molecule has 0 aliphatic carbocycles. The molecule has 0 unspecified atom stereocenters. The molecule has 0 atom stereocenters. The first-order valence-corrected chi connectivity index (χ1v) is 8.21. The molecule has 5 nitrogen and oxygen atoms in total. The number of hydrogen-bond acceptors (Lipinski definition) is 7. The second-order valence-corrected chi connectivity index (χ2v) is 6.83. The third-order valence-corrected chi connectivity index (χ3v) is 5.54. The van der Waals surface area contributed by atoms with E-state index in [2.05, 4.69) is 22.3 Å². The zero-order valence-corrected chi connectivity index (χ0v) is 13.2. The second kappa shape index (κ2) is 5.19. The van der Waals surface area contributed by atoms with E-state index < -0.39 is 0 Å². The Labute approximate surface area is 133 Å². The van der Waals surface area contributed by atoms with Gasteiger partial charge in [0.25, 0.3) is 5.89 Å². The van der Waals surface area contributed by atoms with E-state index in [0.29, 0.717) is 16.7 Å². The van der Waals surface area contributed by atoms with Gasteiger partial charge in [-0.2, -0.15) is 0 Å². The van der Waals surface area contributed by atoms with Crippen molar-refractivity contribution in [2.75, 3.05) is 0 Å². The van der Waals surface area contributed by atoms with E-state index in [0.717, 1.165) is 9.40 Å². The lowest BCUT2D eigenvalue weighted by molar-refractivity contribution is 0.0443. The third kappa shape index (κ3) is 2.28. The van der Waals surface area contributed by atoms with Gasteiger partial charge in [-0.3, -0.25) is 0 Å². The summed E-state index contributed by atoms with van der Waals surface area (Å²) in [5.74, 6) is 0.386. The van der Waals surface area contributed by atoms with Crippen LogP contribution in [0, 0.1) is 6.92 Å². The molecule has 7 heteroatoms. The van der Waals surface area contributed by atoms with Crippen LogP contribution in [0.1, 0.15) is 21.5 Å². The van der Waals surface area contributed by atoms with Gasteiger partial charge in [-0.25, -0.2) is 4.79 Å². The van der Waals surface area contributed by atoms with E-state index in [1.54, 1.807) is 18.3 Å². The molecule has 0 spiro atoms. The normalized spacial score (nSPS) is 11.3. The molecule has 0 aliphatic rings. The van der Waals surface area contributed by atoms with Crippen LogP contribution in [0.15, 0.2) is 34.7 Å². The lowest BCUT2D eigenvalue weighted by Crippen LogP contribution is -2.03. The van der Waals surface area contributed by atoms with Gasteiger partial charge in [-0.05, 0) is 12.1 Å². The van der Waals surface area contributed by atoms with E-state index in [1.807, 2.05) is 18.2 Å². The van der Waals surface area contributed by atoms with Crippen LogP contribution in [-0.2, 0) is 11.3 Å². The van der Waals surface area contributed by atoms with E-state index in [1.165, 1.54) is 21.4 Å². The highest BCUT2D eigenvalue weighted by Gasteiger charge is 2.16. The first-order valence-electron chi connectivity index (χ1n) is 6.58. The summed E-state index contributed by atoms with van der Waals surface area (Å²) in [4.78, 5) is 12.7. The highest BCUT2D eigenvalue weighted by molar-refractivity contribution is 7.33. The van der Waals surface area contributed by atoms with E-state index >= 15 is 0 Å². The Hall–Kier alpha value is -2.25. The Bertz CT molecular complexity index is 983. The van der Waals surface area contributed by atoms with Crippen molar-refractivity contribution in [1.82, 2.24) is 10.2 Å². The maximum Gasteiger partial charge on any atom is 0.348 e. The molecule has 0 bridgehead atoms. The van der Waals surface area contributed by atoms with Crippen molar-refractivity contribution in [1.29, 1.82) is 0 Å². The quantitative estimate of drug-likeness (QED) is 0.528. The number of aromatic nitrogens is 2. The summed E-state index contributed by atoms with van der Waals surface area (Å²) in [5, 5.41) is 8.67. The monoisotopic (exact) mass is 330 g/mol. The summed E-state index contributed by atoms with van der Waals surface area (Å²) in [5.41, 5.74) is 0. The summed E-state index contributed by atoms with van der Waals surface area (Å²) < 4.78 is 13.9. The first kappa shape index (κ1) is 13.4. The minimum absolute atomic E-state index is 0.00797. The molecule has 0 amide bonds. The van der Waals surface area contributed by atoms with Crippen molar-refractivity contribution in [3.8, 4) is 0 Å². The molecule has 0 saturated heterocycles. The van der Waals surface area contributed by atoms with Crippen molar-refractivity contribution < 1.29 is 13.9 Å². The summed E-state index contributed by atoms with van der Waals surface area (Å²) >= 11 is 3.13. The van der Waals surface area contributed by atoms with Crippen LogP contribution in [0.4, 0.5) is 0 Å². The number of ether oxygens (including phenoxy) is 1. The number of benzene rings is 1. The lowest BCUT2D eigenvalue weighted by Gasteiger charge is -1.98. The predicted octanol–water partition coefficient (Wildman–Crippen LogP) is 4.16. The molecule has 0 N–H and O–H groups in total. The molecule has 4 aromatic rings. The Balaban J connectivity index is 1.59. The van der Waals surface area contributed by atoms with Gasteiger partial charge in [0.2, 0.25) is 5.89 Å². The number of carbonyl (C=O) groups is 1. The molecule has 4 rings (SSSR count). The number of rotatable bonds is 3. The predicted molar refractivity (Wildman–Crippen MR) is 85.4 cm³/mol. The molecule has 0 aliphatic heterocycles. The second-order valence-electron chi connectivity index (χ2n) is 4.69. The van der Waals surface area contributed by atoms with Gasteiger partial charge in [0.1, 0.15) is 4.88 Å². The smallest absolute Gasteiger partial charge is 0.348 e. The summed E-state index contributed by atoms with van der Waals surface area (Å²) in [6.07, 6.45) is 0. The number of nitrogens with zero attached hydrogens (tertiary/aromatic N) is 2. The van der Waals surface area contributed by atoms with Gasteiger partial charge in [-0.15, -0.1) is 32.9 Å². The maximum absolute atomic E-state index is 12.1. The van der Waals surface area contributed by atoms with Crippen LogP contribution in [0.3, 0.4) is 0 Å². The minimum Gasteiger partial charge on any atom is -0.451 e. The standard InChI is InChI=1S/C15H10N2O3S2/c1-8-16-17-13(20-8)7-19-15(18)12-6-11-14(22-12)9-4-2-3-5-10(9)21-11/h2-6H,7H2,1H3. The van der Waals surface area contributed by atoms with E-state index in [4.69, 9.17) is 9.15 Å². The summed E-state index contributed by atoms with van der Waals surface area (Å²) in [6.45, 7) is 1.68. The first-order chi connectivity index (χ1) is 10.7. The number of hydrogen-bond donors (Lipinski definition) is 0. The van der Waals surface area contributed by atoms with Gasteiger partial charge >= 0.3 is 5.97 Å². The molecular formula is C15H10N2O3S2. The molecule has 110 valence electrons. The van der Waals surface area contributed by atoms with Gasteiger partial charge in [0.15, 0.2) is 6.61 Å². The van der Waals surface area contributed by atoms with Crippen LogP contribution in [0.2, 0.25) is 0 Å². The van der Waals surface area contributed by atoms with Gasteiger partial charge in [-0.1, -0.05) is 18.2 Å². The molecular weight excluding hydrogens is 320 g/mol. The maximum atomic E-state index is 12.1. The van der Waals surface area contributed by atoms with Crippen molar-refractivity contribution in [3.05, 3.63) is 47.0 Å². The van der Waals surface area contributed by atoms with Crippen LogP contribution < -0.4 is 0 Å². The molecule has 0 radical (unpaired) electrons.